The minimum Gasteiger partial charge on any atom is -0.486 e. The number of nitrogens with zero attached hydrogens (tertiary/aromatic N) is 2. The fourth-order valence-electron chi connectivity index (χ4n) is 2.66. The van der Waals surface area contributed by atoms with Crippen LogP contribution in [0.4, 0.5) is 5.69 Å². The number of hydrogen-bond acceptors (Lipinski definition) is 8. The Kier molecular flexibility index (Phi) is 4.52. The van der Waals surface area contributed by atoms with E-state index >= 15 is 0 Å². The molecule has 0 spiro atoms. The molecule has 0 amide bonds. The summed E-state index contributed by atoms with van der Waals surface area (Å²) < 4.78 is 44.4. The topological polar surface area (TPSA) is 104 Å². The molecular formula is C17H17N3O5S2. The molecule has 1 aromatic carbocycles. The van der Waals surface area contributed by atoms with Crippen molar-refractivity contribution in [1.29, 1.82) is 0 Å². The first-order valence-electron chi connectivity index (χ1n) is 8.32. The second-order valence-corrected chi connectivity index (χ2v) is 8.77. The maximum Gasteiger partial charge on any atom is 0.263 e. The van der Waals surface area contributed by atoms with Gasteiger partial charge in [-0.2, -0.15) is 4.98 Å². The van der Waals surface area contributed by atoms with Crippen LogP contribution in [-0.2, 0) is 16.4 Å². The van der Waals surface area contributed by atoms with Crippen molar-refractivity contribution in [2.45, 2.75) is 25.2 Å². The lowest BCUT2D eigenvalue weighted by atomic mass is 10.3. The van der Waals surface area contributed by atoms with Gasteiger partial charge in [0.25, 0.3) is 10.0 Å². The SMILES string of the molecule is CCc1nc(-c2cc(S(=O)(=O)Nc3ccc4c(c3)OCCO4)c(C)s2)no1. The second-order valence-electron chi connectivity index (χ2n) is 5.86. The summed E-state index contributed by atoms with van der Waals surface area (Å²) in [5.41, 5.74) is 0.402. The van der Waals surface area contributed by atoms with E-state index in [9.17, 15) is 8.42 Å². The monoisotopic (exact) mass is 407 g/mol. The molecule has 27 heavy (non-hydrogen) atoms. The minimum absolute atomic E-state index is 0.181. The zero-order valence-corrected chi connectivity index (χ0v) is 16.3. The van der Waals surface area contributed by atoms with Crippen molar-refractivity contribution in [2.24, 2.45) is 0 Å². The molecule has 8 nitrogen and oxygen atoms in total. The fraction of sp³-hybridized carbons (Fsp3) is 0.294. The summed E-state index contributed by atoms with van der Waals surface area (Å²) in [6.07, 6.45) is 0.619. The van der Waals surface area contributed by atoms with Crippen LogP contribution in [0.1, 0.15) is 17.7 Å². The van der Waals surface area contributed by atoms with E-state index in [1.807, 2.05) is 6.92 Å². The van der Waals surface area contributed by atoms with Crippen LogP contribution in [0.2, 0.25) is 0 Å². The maximum atomic E-state index is 12.9. The zero-order valence-electron chi connectivity index (χ0n) is 14.7. The third-order valence-corrected chi connectivity index (χ3v) is 6.63. The average molecular weight is 407 g/mol. The van der Waals surface area contributed by atoms with Crippen molar-refractivity contribution in [2.75, 3.05) is 17.9 Å². The fourth-order valence-corrected chi connectivity index (χ4v) is 5.23. The van der Waals surface area contributed by atoms with Gasteiger partial charge in [0.05, 0.1) is 10.6 Å². The summed E-state index contributed by atoms with van der Waals surface area (Å²) >= 11 is 1.30. The molecule has 0 saturated carbocycles. The smallest absolute Gasteiger partial charge is 0.263 e. The van der Waals surface area contributed by atoms with Crippen LogP contribution in [0.3, 0.4) is 0 Å². The van der Waals surface area contributed by atoms with Crippen LogP contribution in [-0.4, -0.2) is 31.8 Å². The average Bonchev–Trinajstić information content (AvgIpc) is 3.28. The van der Waals surface area contributed by atoms with Gasteiger partial charge in [0.1, 0.15) is 18.1 Å². The van der Waals surface area contributed by atoms with Crippen molar-refractivity contribution in [3.63, 3.8) is 0 Å². The largest absolute Gasteiger partial charge is 0.486 e. The van der Waals surface area contributed by atoms with Crippen LogP contribution >= 0.6 is 11.3 Å². The summed E-state index contributed by atoms with van der Waals surface area (Å²) in [6.45, 7) is 4.56. The summed E-state index contributed by atoms with van der Waals surface area (Å²) in [4.78, 5) is 5.71. The van der Waals surface area contributed by atoms with E-state index in [-0.39, 0.29) is 4.90 Å². The Hall–Kier alpha value is -2.59. The third-order valence-electron chi connectivity index (χ3n) is 3.95. The number of aryl methyl sites for hydroxylation is 2. The van der Waals surface area contributed by atoms with Crippen molar-refractivity contribution in [3.8, 4) is 22.2 Å². The third kappa shape index (κ3) is 3.50. The second kappa shape index (κ2) is 6.86. The van der Waals surface area contributed by atoms with Gasteiger partial charge in [-0.05, 0) is 25.1 Å². The number of ether oxygens (including phenoxy) is 2. The van der Waals surface area contributed by atoms with Crippen LogP contribution < -0.4 is 14.2 Å². The highest BCUT2D eigenvalue weighted by atomic mass is 32.2. The lowest BCUT2D eigenvalue weighted by Crippen LogP contribution is -2.16. The number of nitrogens with one attached hydrogen (secondary N) is 1. The predicted octanol–water partition coefficient (Wildman–Crippen LogP) is 3.24. The number of aromatic nitrogens is 2. The van der Waals surface area contributed by atoms with E-state index in [1.165, 1.54) is 11.3 Å². The first kappa shape index (κ1) is 17.8. The molecule has 4 rings (SSSR count). The van der Waals surface area contributed by atoms with Crippen molar-refractivity contribution in [1.82, 2.24) is 10.1 Å². The number of benzene rings is 1. The van der Waals surface area contributed by atoms with Crippen LogP contribution in [0.15, 0.2) is 33.7 Å². The molecule has 0 atom stereocenters. The highest BCUT2D eigenvalue weighted by molar-refractivity contribution is 7.93. The molecule has 0 fully saturated rings. The Morgan fingerprint density at radius 1 is 1.19 bits per heavy atom. The van der Waals surface area contributed by atoms with E-state index in [1.54, 1.807) is 31.2 Å². The van der Waals surface area contributed by atoms with Gasteiger partial charge in [-0.3, -0.25) is 4.72 Å². The van der Waals surface area contributed by atoms with Gasteiger partial charge in [0.2, 0.25) is 11.7 Å². The standard InChI is InChI=1S/C17H17N3O5S2/c1-3-16-18-17(19-25-16)14-9-15(10(2)26-14)27(21,22)20-11-4-5-12-13(8-11)24-7-6-23-12/h4-5,8-9,20H,3,6-7H2,1-2H3. The number of anilines is 1. The highest BCUT2D eigenvalue weighted by Crippen LogP contribution is 2.35. The highest BCUT2D eigenvalue weighted by Gasteiger charge is 2.23. The van der Waals surface area contributed by atoms with Gasteiger partial charge >= 0.3 is 0 Å². The minimum atomic E-state index is -3.78. The Morgan fingerprint density at radius 2 is 1.96 bits per heavy atom. The van der Waals surface area contributed by atoms with Crippen molar-refractivity contribution >= 4 is 27.0 Å². The van der Waals surface area contributed by atoms with Gasteiger partial charge in [0.15, 0.2) is 11.5 Å². The Labute approximate surface area is 160 Å². The molecule has 142 valence electrons. The number of hydrogen-bond donors (Lipinski definition) is 1. The van der Waals surface area contributed by atoms with Gasteiger partial charge in [-0.1, -0.05) is 12.1 Å². The quantitative estimate of drug-likeness (QED) is 0.692. The first-order valence-corrected chi connectivity index (χ1v) is 10.6. The predicted molar refractivity (Wildman–Crippen MR) is 100.0 cm³/mol. The molecular weight excluding hydrogens is 390 g/mol. The van der Waals surface area contributed by atoms with E-state index in [0.29, 0.717) is 58.3 Å². The molecule has 1 aliphatic rings. The lowest BCUT2D eigenvalue weighted by molar-refractivity contribution is 0.171. The normalized spacial score (nSPS) is 13.6. The van der Waals surface area contributed by atoms with E-state index in [0.717, 1.165) is 0 Å². The number of rotatable bonds is 5. The molecule has 2 aromatic heterocycles. The number of thiophene rings is 1. The van der Waals surface area contributed by atoms with Gasteiger partial charge in [0, 0.05) is 17.4 Å². The number of sulfonamides is 1. The van der Waals surface area contributed by atoms with E-state index in [4.69, 9.17) is 14.0 Å². The van der Waals surface area contributed by atoms with Gasteiger partial charge in [-0.15, -0.1) is 11.3 Å². The molecule has 3 heterocycles. The lowest BCUT2D eigenvalue weighted by Gasteiger charge is -2.19. The number of fused-ring (bicyclic) bond motifs is 1. The maximum absolute atomic E-state index is 12.9. The Balaban J connectivity index is 1.62. The Bertz CT molecular complexity index is 1090. The summed E-state index contributed by atoms with van der Waals surface area (Å²) in [5, 5.41) is 3.90. The molecule has 3 aromatic rings. The Morgan fingerprint density at radius 3 is 2.70 bits per heavy atom. The summed E-state index contributed by atoms with van der Waals surface area (Å²) in [6, 6.07) is 6.50. The van der Waals surface area contributed by atoms with Crippen molar-refractivity contribution in [3.05, 3.63) is 35.0 Å². The molecule has 0 radical (unpaired) electrons. The van der Waals surface area contributed by atoms with Crippen LogP contribution in [0.5, 0.6) is 11.5 Å². The molecule has 1 N–H and O–H groups in total. The summed E-state index contributed by atoms with van der Waals surface area (Å²) in [7, 11) is -3.78. The molecule has 0 aliphatic carbocycles. The summed E-state index contributed by atoms with van der Waals surface area (Å²) in [5.74, 6) is 2.01. The zero-order chi connectivity index (χ0) is 19.0. The first-order chi connectivity index (χ1) is 13.0. The van der Waals surface area contributed by atoms with Gasteiger partial charge < -0.3 is 14.0 Å². The molecule has 0 saturated heterocycles. The van der Waals surface area contributed by atoms with E-state index < -0.39 is 10.0 Å². The van der Waals surface area contributed by atoms with Gasteiger partial charge in [-0.25, -0.2) is 8.42 Å². The molecule has 0 bridgehead atoms. The molecule has 10 heteroatoms. The van der Waals surface area contributed by atoms with Crippen LogP contribution in [0.25, 0.3) is 10.7 Å². The van der Waals surface area contributed by atoms with Crippen LogP contribution in [0, 0.1) is 6.92 Å². The molecule has 1 aliphatic heterocycles. The van der Waals surface area contributed by atoms with E-state index in [2.05, 4.69) is 14.9 Å². The van der Waals surface area contributed by atoms with Crippen molar-refractivity contribution < 1.29 is 22.4 Å². The molecule has 0 unspecified atom stereocenters.